The van der Waals surface area contributed by atoms with E-state index in [9.17, 15) is 9.90 Å². The average molecular weight is 743 g/mol. The van der Waals surface area contributed by atoms with Gasteiger partial charge in [0.25, 0.3) is 5.91 Å². The van der Waals surface area contributed by atoms with Crippen molar-refractivity contribution in [2.75, 3.05) is 13.6 Å². The van der Waals surface area contributed by atoms with Crippen LogP contribution in [0.4, 0.5) is 0 Å². The molecule has 0 saturated carbocycles. The Balaban J connectivity index is 1.01. The van der Waals surface area contributed by atoms with Gasteiger partial charge < -0.3 is 19.9 Å². The van der Waals surface area contributed by atoms with E-state index < -0.39 is 6.29 Å². The minimum absolute atomic E-state index is 0.00579. The third-order valence-corrected chi connectivity index (χ3v) is 11.1. The maximum atomic E-state index is 13.1. The maximum Gasteiger partial charge on any atom is 0.271 e. The Morgan fingerprint density at radius 2 is 1.50 bits per heavy atom. The van der Waals surface area contributed by atoms with Gasteiger partial charge in [-0.1, -0.05) is 128 Å². The minimum atomic E-state index is -0.588. The van der Waals surface area contributed by atoms with Crippen molar-refractivity contribution in [2.45, 2.75) is 51.5 Å². The summed E-state index contributed by atoms with van der Waals surface area (Å²) < 4.78 is 13.6. The van der Waals surface area contributed by atoms with Crippen LogP contribution in [0.1, 0.15) is 70.6 Å². The van der Waals surface area contributed by atoms with E-state index in [0.717, 1.165) is 38.9 Å². The number of likely N-dealkylation sites (N-methyl/N-ethyl adjacent to an activating group) is 1. The molecule has 2 heterocycles. The fourth-order valence-electron chi connectivity index (χ4n) is 7.60. The Kier molecular flexibility index (Phi) is 11.0. The van der Waals surface area contributed by atoms with Crippen molar-refractivity contribution in [3.63, 3.8) is 0 Å². The second-order valence-electron chi connectivity index (χ2n) is 14.7. The van der Waals surface area contributed by atoms with Crippen molar-refractivity contribution >= 4 is 27.7 Å². The SMILES string of the molecule is CC1C(CN(C)C(C)c2ccc3ccccc3c2)OC(c2ccc(-c3ccccc3CNC(=O)c3cnc4ccccc4n3)cc2)OC1c1ccc(CO)cc1. The molecule has 1 aliphatic heterocycles. The lowest BCUT2D eigenvalue weighted by Gasteiger charge is -2.43. The number of ether oxygens (including phenoxy) is 2. The van der Waals surface area contributed by atoms with E-state index in [4.69, 9.17) is 9.47 Å². The van der Waals surface area contributed by atoms with Gasteiger partial charge in [0.1, 0.15) is 5.69 Å². The third-order valence-electron chi connectivity index (χ3n) is 11.1. The second-order valence-corrected chi connectivity index (χ2v) is 14.7. The van der Waals surface area contributed by atoms with Gasteiger partial charge in [0, 0.05) is 30.6 Å². The van der Waals surface area contributed by atoms with Crippen LogP contribution in [0, 0.1) is 5.92 Å². The van der Waals surface area contributed by atoms with Crippen molar-refractivity contribution in [1.82, 2.24) is 20.2 Å². The van der Waals surface area contributed by atoms with Crippen LogP contribution < -0.4 is 5.32 Å². The van der Waals surface area contributed by atoms with Gasteiger partial charge in [0.2, 0.25) is 0 Å². The first-order valence-corrected chi connectivity index (χ1v) is 19.2. The molecule has 5 atom stereocenters. The Morgan fingerprint density at radius 1 is 0.804 bits per heavy atom. The number of nitrogens with zero attached hydrogens (tertiary/aromatic N) is 3. The molecule has 5 unspecified atom stereocenters. The van der Waals surface area contributed by atoms with Gasteiger partial charge in [-0.05, 0) is 76.3 Å². The summed E-state index contributed by atoms with van der Waals surface area (Å²) in [5, 5.41) is 15.2. The molecule has 1 aromatic heterocycles. The molecule has 7 aromatic rings. The fraction of sp³-hybridized carbons (Fsp3) is 0.229. The number of aliphatic hydroxyl groups is 1. The Labute approximate surface area is 327 Å². The summed E-state index contributed by atoms with van der Waals surface area (Å²) in [6.07, 6.45) is 0.587. The largest absolute Gasteiger partial charge is 0.392 e. The van der Waals surface area contributed by atoms with E-state index >= 15 is 0 Å². The molecule has 8 rings (SSSR count). The van der Waals surface area contributed by atoms with Gasteiger partial charge in [-0.2, -0.15) is 0 Å². The molecule has 8 nitrogen and oxygen atoms in total. The normalized spacial score (nSPS) is 18.9. The quantitative estimate of drug-likeness (QED) is 0.136. The van der Waals surface area contributed by atoms with Crippen molar-refractivity contribution in [3.8, 4) is 11.1 Å². The number of hydrogen-bond donors (Lipinski definition) is 2. The number of carbonyl (C=O) groups is 1. The number of fused-ring (bicyclic) bond motifs is 2. The predicted octanol–water partition coefficient (Wildman–Crippen LogP) is 9.36. The first-order valence-electron chi connectivity index (χ1n) is 19.2. The minimum Gasteiger partial charge on any atom is -0.392 e. The molecule has 0 aliphatic carbocycles. The highest BCUT2D eigenvalue weighted by molar-refractivity contribution is 5.93. The monoisotopic (exact) mass is 742 g/mol. The average Bonchev–Trinajstić information content (AvgIpc) is 3.25. The van der Waals surface area contributed by atoms with Crippen molar-refractivity contribution in [2.24, 2.45) is 5.92 Å². The molecule has 282 valence electrons. The summed E-state index contributed by atoms with van der Waals surface area (Å²) in [5.41, 5.74) is 8.84. The lowest BCUT2D eigenvalue weighted by Crippen LogP contribution is -2.44. The van der Waals surface area contributed by atoms with Crippen LogP contribution in [-0.4, -0.2) is 45.6 Å². The van der Waals surface area contributed by atoms with E-state index in [2.05, 4.69) is 126 Å². The van der Waals surface area contributed by atoms with Crippen LogP contribution in [0.3, 0.4) is 0 Å². The molecule has 0 bridgehead atoms. The predicted molar refractivity (Wildman–Crippen MR) is 221 cm³/mol. The highest BCUT2D eigenvalue weighted by atomic mass is 16.7. The van der Waals surface area contributed by atoms with E-state index in [-0.39, 0.29) is 42.4 Å². The molecule has 1 aliphatic rings. The molecule has 1 amide bonds. The molecule has 8 heteroatoms. The highest BCUT2D eigenvalue weighted by Gasteiger charge is 2.39. The number of rotatable bonds is 11. The smallest absolute Gasteiger partial charge is 0.271 e. The van der Waals surface area contributed by atoms with Gasteiger partial charge >= 0.3 is 0 Å². The summed E-state index contributed by atoms with van der Waals surface area (Å²) in [5.74, 6) is -0.221. The standard InChI is InChI=1S/C48H46N4O4/c1-31-45(29-52(3)32(2)38-25-20-34-10-4-5-11-39(34)26-38)55-48(56-46(31)36-18-16-33(30-53)17-19-36)37-23-21-35(22-24-37)41-13-7-6-12-40(41)27-50-47(54)44-28-49-42-14-8-9-15-43(42)51-44/h4-26,28,31-32,45-46,48,53H,27,29-30H2,1-3H3,(H,50,54). The van der Waals surface area contributed by atoms with Crippen LogP contribution in [-0.2, 0) is 22.6 Å². The molecule has 1 saturated heterocycles. The van der Waals surface area contributed by atoms with Gasteiger partial charge in [-0.3, -0.25) is 14.7 Å². The molecule has 2 N–H and O–H groups in total. The number of carbonyl (C=O) groups excluding carboxylic acids is 1. The van der Waals surface area contributed by atoms with Crippen LogP contribution in [0.25, 0.3) is 32.9 Å². The topological polar surface area (TPSA) is 96.8 Å². The van der Waals surface area contributed by atoms with Crippen molar-refractivity contribution < 1.29 is 19.4 Å². The van der Waals surface area contributed by atoms with Gasteiger partial charge in [0.15, 0.2) is 6.29 Å². The van der Waals surface area contributed by atoms with Gasteiger partial charge in [0.05, 0.1) is 36.0 Å². The second kappa shape index (κ2) is 16.5. The zero-order chi connectivity index (χ0) is 38.6. The lowest BCUT2D eigenvalue weighted by molar-refractivity contribution is -0.276. The molecular formula is C48H46N4O4. The van der Waals surface area contributed by atoms with E-state index in [0.29, 0.717) is 18.6 Å². The lowest BCUT2D eigenvalue weighted by atomic mass is 9.89. The third kappa shape index (κ3) is 7.96. The number of benzene rings is 6. The number of aliphatic hydroxyl groups excluding tert-OH is 1. The van der Waals surface area contributed by atoms with Crippen LogP contribution in [0.15, 0.2) is 146 Å². The van der Waals surface area contributed by atoms with Crippen LogP contribution in [0.5, 0.6) is 0 Å². The number of para-hydroxylation sites is 2. The molecule has 56 heavy (non-hydrogen) atoms. The first kappa shape index (κ1) is 37.2. The van der Waals surface area contributed by atoms with E-state index in [1.165, 1.54) is 22.5 Å². The van der Waals surface area contributed by atoms with Gasteiger partial charge in [-0.25, -0.2) is 4.98 Å². The molecule has 6 aromatic carbocycles. The van der Waals surface area contributed by atoms with Gasteiger partial charge in [-0.15, -0.1) is 0 Å². The maximum absolute atomic E-state index is 13.1. The Hall–Kier alpha value is -5.77. The molecule has 0 radical (unpaired) electrons. The number of aromatic nitrogens is 2. The highest BCUT2D eigenvalue weighted by Crippen LogP contribution is 2.42. The van der Waals surface area contributed by atoms with Crippen LogP contribution in [0.2, 0.25) is 0 Å². The summed E-state index contributed by atoms with van der Waals surface area (Å²) in [6, 6.07) is 47.3. The number of hydrogen-bond acceptors (Lipinski definition) is 7. The summed E-state index contributed by atoms with van der Waals surface area (Å²) in [6.45, 7) is 5.49. The fourth-order valence-corrected chi connectivity index (χ4v) is 7.60. The van der Waals surface area contributed by atoms with E-state index in [1.54, 1.807) is 0 Å². The number of nitrogens with one attached hydrogen (secondary N) is 1. The first-order chi connectivity index (χ1) is 27.3. The Bertz CT molecular complexity index is 2450. The summed E-state index contributed by atoms with van der Waals surface area (Å²) in [4.78, 5) is 24.4. The molecule has 1 fully saturated rings. The number of amides is 1. The zero-order valence-electron chi connectivity index (χ0n) is 31.9. The molecule has 0 spiro atoms. The summed E-state index contributed by atoms with van der Waals surface area (Å²) in [7, 11) is 2.16. The summed E-state index contributed by atoms with van der Waals surface area (Å²) >= 11 is 0. The van der Waals surface area contributed by atoms with Crippen molar-refractivity contribution in [3.05, 3.63) is 179 Å². The zero-order valence-corrected chi connectivity index (χ0v) is 31.9. The molecular weight excluding hydrogens is 697 g/mol. The van der Waals surface area contributed by atoms with Crippen LogP contribution >= 0.6 is 0 Å². The Morgan fingerprint density at radius 3 is 2.29 bits per heavy atom. The van der Waals surface area contributed by atoms with E-state index in [1.807, 2.05) is 54.6 Å². The van der Waals surface area contributed by atoms with Crippen molar-refractivity contribution in [1.29, 1.82) is 0 Å².